The van der Waals surface area contributed by atoms with E-state index < -0.39 is 17.1 Å². The first-order chi connectivity index (χ1) is 6.65. The molecule has 0 fully saturated rings. The molecule has 0 saturated heterocycles. The van der Waals surface area contributed by atoms with E-state index in [2.05, 4.69) is 0 Å². The lowest BCUT2D eigenvalue weighted by molar-refractivity contribution is 0.809. The monoisotopic (exact) mass is 197 g/mol. The fourth-order valence-electron chi connectivity index (χ4n) is 0.920. The first-order valence-electron chi connectivity index (χ1n) is 4.27. The molecule has 0 saturated carbocycles. The summed E-state index contributed by atoms with van der Waals surface area (Å²) >= 11 is 0. The van der Waals surface area contributed by atoms with Gasteiger partial charge in [-0.1, -0.05) is 19.4 Å². The summed E-state index contributed by atoms with van der Waals surface area (Å²) in [5.74, 6) is 0. The second kappa shape index (κ2) is 4.40. The minimum Gasteiger partial charge on any atom is -0.259 e. The van der Waals surface area contributed by atoms with Crippen LogP contribution in [0.25, 0.3) is 6.20 Å². The highest BCUT2D eigenvalue weighted by Gasteiger charge is 1.97. The van der Waals surface area contributed by atoms with Crippen LogP contribution in [0.4, 0.5) is 0 Å². The van der Waals surface area contributed by atoms with Gasteiger partial charge in [0.2, 0.25) is 0 Å². The number of hydrogen-bond donors (Lipinski definition) is 2. The largest absolute Gasteiger partial charge is 0.337 e. The van der Waals surface area contributed by atoms with Crippen LogP contribution in [0.5, 0.6) is 0 Å². The van der Waals surface area contributed by atoms with Gasteiger partial charge in [-0.2, -0.15) is 0 Å². The Bertz CT molecular complexity index is 457. The molecule has 14 heavy (non-hydrogen) atoms. The van der Waals surface area contributed by atoms with E-state index >= 15 is 0 Å². The van der Waals surface area contributed by atoms with Crippen LogP contribution in [0.15, 0.2) is 20.5 Å². The van der Waals surface area contributed by atoms with E-state index in [1.165, 1.54) is 6.20 Å². The van der Waals surface area contributed by atoms with Gasteiger partial charge in [0.25, 0.3) is 0 Å². The molecule has 0 aliphatic carbocycles. The van der Waals surface area contributed by atoms with Crippen LogP contribution in [0, 0.1) is 0 Å². The Labute approximate surface area is 78.9 Å². The van der Waals surface area contributed by atoms with Crippen molar-refractivity contribution in [2.45, 2.75) is 19.8 Å². The van der Waals surface area contributed by atoms with E-state index in [0.717, 1.165) is 17.4 Å². The third kappa shape index (κ3) is 2.32. The van der Waals surface area contributed by atoms with Crippen LogP contribution in [-0.4, -0.2) is 14.5 Å². The molecule has 6 heteroatoms. The zero-order valence-electron chi connectivity index (χ0n) is 7.74. The molecule has 76 valence electrons. The van der Waals surface area contributed by atoms with Gasteiger partial charge in [-0.3, -0.25) is 9.97 Å². The van der Waals surface area contributed by atoms with Gasteiger partial charge in [0, 0.05) is 6.20 Å². The van der Waals surface area contributed by atoms with Crippen molar-refractivity contribution in [2.75, 3.05) is 0 Å². The average Bonchev–Trinajstić information content (AvgIpc) is 2.09. The summed E-state index contributed by atoms with van der Waals surface area (Å²) in [7, 11) is 0. The Balaban J connectivity index is 3.16. The number of rotatable bonds is 3. The zero-order chi connectivity index (χ0) is 10.6. The molecule has 6 nitrogen and oxygen atoms in total. The first kappa shape index (κ1) is 10.2. The van der Waals surface area contributed by atoms with Crippen molar-refractivity contribution >= 4 is 6.20 Å². The predicted octanol–water partition coefficient (Wildman–Crippen LogP) is -0.504. The molecule has 0 radical (unpaired) electrons. The highest BCUT2D eigenvalue weighted by atomic mass is 16.2. The highest BCUT2D eigenvalue weighted by molar-refractivity contribution is 5.19. The lowest BCUT2D eigenvalue weighted by atomic mass is 10.3. The van der Waals surface area contributed by atoms with E-state index in [9.17, 15) is 14.4 Å². The third-order valence-corrected chi connectivity index (χ3v) is 1.59. The van der Waals surface area contributed by atoms with Gasteiger partial charge >= 0.3 is 17.1 Å². The smallest absolute Gasteiger partial charge is 0.259 e. The number of H-pyrrole nitrogens is 2. The van der Waals surface area contributed by atoms with Crippen LogP contribution in [0.3, 0.4) is 0 Å². The predicted molar refractivity (Wildman–Crippen MR) is 52.2 cm³/mol. The Morgan fingerprint density at radius 2 is 1.79 bits per heavy atom. The molecule has 0 aromatic carbocycles. The van der Waals surface area contributed by atoms with Crippen LogP contribution < -0.4 is 17.1 Å². The van der Waals surface area contributed by atoms with Gasteiger partial charge in [-0.05, 0) is 6.42 Å². The lowest BCUT2D eigenvalue weighted by Crippen LogP contribution is -2.40. The quantitative estimate of drug-likeness (QED) is 0.684. The fraction of sp³-hybridized carbons (Fsp3) is 0.375. The van der Waals surface area contributed by atoms with Crippen molar-refractivity contribution in [3.8, 4) is 0 Å². The Morgan fingerprint density at radius 3 is 2.29 bits per heavy atom. The Kier molecular flexibility index (Phi) is 3.22. The summed E-state index contributed by atoms with van der Waals surface area (Å²) in [5, 5.41) is 0. The number of unbranched alkanes of at least 4 members (excludes halogenated alkanes) is 1. The third-order valence-electron chi connectivity index (χ3n) is 1.59. The van der Waals surface area contributed by atoms with Crippen LogP contribution in [0.2, 0.25) is 0 Å². The fourth-order valence-corrected chi connectivity index (χ4v) is 0.920. The molecule has 1 aromatic rings. The molecule has 1 heterocycles. The summed E-state index contributed by atoms with van der Waals surface area (Å²) < 4.78 is 0.817. The second-order valence-corrected chi connectivity index (χ2v) is 2.73. The molecule has 0 unspecified atom stereocenters. The van der Waals surface area contributed by atoms with E-state index in [1.54, 1.807) is 6.08 Å². The number of nitrogens with one attached hydrogen (secondary N) is 2. The molecular weight excluding hydrogens is 186 g/mol. The van der Waals surface area contributed by atoms with Gasteiger partial charge in [-0.25, -0.2) is 19.0 Å². The van der Waals surface area contributed by atoms with Crippen LogP contribution in [-0.2, 0) is 0 Å². The number of aromatic nitrogens is 3. The van der Waals surface area contributed by atoms with Gasteiger partial charge in [0.05, 0.1) is 0 Å². The normalized spacial score (nSPS) is 10.9. The van der Waals surface area contributed by atoms with Gasteiger partial charge in [-0.15, -0.1) is 0 Å². The van der Waals surface area contributed by atoms with Crippen molar-refractivity contribution in [1.82, 2.24) is 14.5 Å². The van der Waals surface area contributed by atoms with E-state index in [-0.39, 0.29) is 0 Å². The van der Waals surface area contributed by atoms with E-state index in [0.29, 0.717) is 0 Å². The van der Waals surface area contributed by atoms with Crippen molar-refractivity contribution in [3.05, 3.63) is 37.5 Å². The second-order valence-electron chi connectivity index (χ2n) is 2.73. The highest BCUT2D eigenvalue weighted by Crippen LogP contribution is 1.87. The summed E-state index contributed by atoms with van der Waals surface area (Å²) in [5.41, 5.74) is -2.25. The maximum absolute atomic E-state index is 11.1. The lowest BCUT2D eigenvalue weighted by Gasteiger charge is -1.93. The van der Waals surface area contributed by atoms with Crippen LogP contribution in [0.1, 0.15) is 19.8 Å². The Morgan fingerprint density at radius 1 is 1.21 bits per heavy atom. The molecular formula is C8H11N3O3. The standard InChI is InChI=1S/C8H11N3O3/c1-2-3-4-5-11-7(13)9-6(12)10-8(11)14/h4-5H,2-3H2,1H3,(H2,9,10,12,13,14). The minimum absolute atomic E-state index is 0.730. The van der Waals surface area contributed by atoms with Crippen molar-refractivity contribution in [2.24, 2.45) is 0 Å². The number of aromatic amines is 2. The molecule has 1 aromatic heterocycles. The summed E-state index contributed by atoms with van der Waals surface area (Å²) in [6.07, 6.45) is 4.73. The maximum atomic E-state index is 11.1. The van der Waals surface area contributed by atoms with Crippen LogP contribution >= 0.6 is 0 Å². The average molecular weight is 197 g/mol. The number of nitrogens with zero attached hydrogens (tertiary/aromatic N) is 1. The Hall–Kier alpha value is -1.85. The van der Waals surface area contributed by atoms with Crippen molar-refractivity contribution in [1.29, 1.82) is 0 Å². The summed E-state index contributed by atoms with van der Waals surface area (Å²) in [6, 6.07) is 0. The zero-order valence-corrected chi connectivity index (χ0v) is 7.74. The van der Waals surface area contributed by atoms with Gasteiger partial charge in [0.15, 0.2) is 0 Å². The van der Waals surface area contributed by atoms with Crippen molar-refractivity contribution < 1.29 is 0 Å². The maximum Gasteiger partial charge on any atom is 0.337 e. The molecule has 0 bridgehead atoms. The molecule has 0 spiro atoms. The molecule has 0 aliphatic rings. The van der Waals surface area contributed by atoms with Gasteiger partial charge < -0.3 is 0 Å². The summed E-state index contributed by atoms with van der Waals surface area (Å²) in [6.45, 7) is 1.98. The molecule has 2 N–H and O–H groups in total. The molecule has 0 amide bonds. The van der Waals surface area contributed by atoms with Gasteiger partial charge in [0.1, 0.15) is 0 Å². The summed E-state index contributed by atoms with van der Waals surface area (Å²) in [4.78, 5) is 36.7. The topological polar surface area (TPSA) is 87.7 Å². The number of allylic oxidation sites excluding steroid dienone is 1. The van der Waals surface area contributed by atoms with Crippen molar-refractivity contribution in [3.63, 3.8) is 0 Å². The number of hydrogen-bond acceptors (Lipinski definition) is 3. The SMILES string of the molecule is CCCC=Cn1c(=O)[nH]c(=O)[nH]c1=O. The van der Waals surface area contributed by atoms with E-state index in [4.69, 9.17) is 0 Å². The molecule has 0 aliphatic heterocycles. The van der Waals surface area contributed by atoms with E-state index in [1.807, 2.05) is 16.9 Å². The molecule has 1 rings (SSSR count). The molecule has 0 atom stereocenters. The minimum atomic E-state index is -0.792. The first-order valence-corrected chi connectivity index (χ1v) is 4.27.